The summed E-state index contributed by atoms with van der Waals surface area (Å²) >= 11 is 0. The molecule has 0 radical (unpaired) electrons. The summed E-state index contributed by atoms with van der Waals surface area (Å²) in [6, 6.07) is 0. The molecule has 2 atom stereocenters. The molecule has 0 aromatic carbocycles. The van der Waals surface area contributed by atoms with Gasteiger partial charge in [-0.15, -0.1) is 0 Å². The maximum Gasteiger partial charge on any atom is 0.361 e. The van der Waals surface area contributed by atoms with Crippen molar-refractivity contribution in [1.82, 2.24) is 0 Å². The standard InChI is InChI=1S/C88H163NO8/c1-6-8-10-12-14-16-18-20-22-24-26-28-30-32-34-36-38-39-40-41-42-43-44-45-46-47-49-50-52-54-56-58-60-62-64-66-68-70-72-74-76-78-85(90)95-82-84(83-96-88(87(92)93)94-81-80-89(3,4)5)97-86(91)79-77-75-73-71-69-67-65-63-61-59-57-55-53-51-48-37-35-33-31-29-27-25-23-21-19-17-15-13-11-9-7-2/h18-21,24-27,31,33,84,88H,6-17,22-23,28-30,32,34-83H2,1-5H3/p+1/b20-18-,21-19-,26-24-,27-25-,33-31-. The van der Waals surface area contributed by atoms with Crippen molar-refractivity contribution in [2.75, 3.05) is 47.5 Å². The van der Waals surface area contributed by atoms with E-state index < -0.39 is 18.4 Å². The van der Waals surface area contributed by atoms with Crippen LogP contribution in [0.1, 0.15) is 425 Å². The average molecular weight is 1360 g/mol. The van der Waals surface area contributed by atoms with Gasteiger partial charge < -0.3 is 28.5 Å². The maximum atomic E-state index is 13.0. The van der Waals surface area contributed by atoms with E-state index in [0.29, 0.717) is 17.4 Å². The molecular weight excluding hydrogens is 1200 g/mol. The molecule has 0 saturated carbocycles. The van der Waals surface area contributed by atoms with Crippen molar-refractivity contribution >= 4 is 17.9 Å². The number of quaternary nitrogens is 1. The van der Waals surface area contributed by atoms with Crippen LogP contribution in [0, 0.1) is 0 Å². The van der Waals surface area contributed by atoms with Crippen molar-refractivity contribution in [2.45, 2.75) is 437 Å². The molecular formula is C88H164NO8+. The lowest BCUT2D eigenvalue weighted by atomic mass is 10.0. The first-order chi connectivity index (χ1) is 47.6. The van der Waals surface area contributed by atoms with Gasteiger partial charge in [-0.1, -0.05) is 389 Å². The van der Waals surface area contributed by atoms with Crippen LogP contribution in [0.25, 0.3) is 0 Å². The first kappa shape index (κ1) is 94.0. The summed E-state index contributed by atoms with van der Waals surface area (Å²) in [4.78, 5) is 37.8. The van der Waals surface area contributed by atoms with E-state index in [1.54, 1.807) is 0 Å². The molecule has 9 heteroatoms. The number of ether oxygens (including phenoxy) is 4. The summed E-state index contributed by atoms with van der Waals surface area (Å²) in [5, 5.41) is 9.78. The van der Waals surface area contributed by atoms with Crippen molar-refractivity contribution in [3.63, 3.8) is 0 Å². The Labute approximate surface area is 603 Å². The highest BCUT2D eigenvalue weighted by Crippen LogP contribution is 2.20. The fourth-order valence-electron chi connectivity index (χ4n) is 12.8. The number of nitrogens with zero attached hydrogens (tertiary/aromatic N) is 1. The van der Waals surface area contributed by atoms with Crippen LogP contribution < -0.4 is 0 Å². The first-order valence-corrected chi connectivity index (χ1v) is 42.5. The summed E-state index contributed by atoms with van der Waals surface area (Å²) < 4.78 is 23.1. The summed E-state index contributed by atoms with van der Waals surface area (Å²) in [5.41, 5.74) is 0. The number of likely N-dealkylation sites (N-methyl/N-ethyl adjacent to an activating group) is 1. The van der Waals surface area contributed by atoms with E-state index in [-0.39, 0.29) is 38.2 Å². The van der Waals surface area contributed by atoms with Gasteiger partial charge in [-0.2, -0.15) is 0 Å². The molecule has 1 N–H and O–H groups in total. The number of carbonyl (C=O) groups excluding carboxylic acids is 2. The van der Waals surface area contributed by atoms with E-state index in [0.717, 1.165) is 57.8 Å². The number of carboxylic acid groups (broad SMARTS) is 1. The largest absolute Gasteiger partial charge is 0.477 e. The van der Waals surface area contributed by atoms with Gasteiger partial charge >= 0.3 is 17.9 Å². The summed E-state index contributed by atoms with van der Waals surface area (Å²) in [7, 11) is 6.00. The number of unbranched alkanes of at least 4 members (excludes halogenated alkanes) is 55. The van der Waals surface area contributed by atoms with E-state index in [2.05, 4.69) is 74.6 Å². The molecule has 0 fully saturated rings. The molecule has 0 aliphatic rings. The Kier molecular flexibility index (Phi) is 76.3. The van der Waals surface area contributed by atoms with E-state index in [1.165, 1.54) is 340 Å². The zero-order valence-electron chi connectivity index (χ0n) is 65.3. The number of rotatable bonds is 80. The fourth-order valence-corrected chi connectivity index (χ4v) is 12.8. The maximum absolute atomic E-state index is 13.0. The molecule has 0 aromatic heterocycles. The Morgan fingerprint density at radius 2 is 0.557 bits per heavy atom. The molecule has 97 heavy (non-hydrogen) atoms. The van der Waals surface area contributed by atoms with Gasteiger partial charge in [0.2, 0.25) is 0 Å². The van der Waals surface area contributed by atoms with Crippen LogP contribution in [0.4, 0.5) is 0 Å². The van der Waals surface area contributed by atoms with Crippen molar-refractivity contribution in [3.05, 3.63) is 60.8 Å². The Hall–Kier alpha value is -3.01. The molecule has 0 rings (SSSR count). The summed E-state index contributed by atoms with van der Waals surface area (Å²) in [6.45, 7) is 4.92. The normalized spacial score (nSPS) is 12.9. The van der Waals surface area contributed by atoms with Gasteiger partial charge in [0.05, 0.1) is 34.4 Å². The second-order valence-corrected chi connectivity index (χ2v) is 30.1. The molecule has 9 nitrogen and oxygen atoms in total. The van der Waals surface area contributed by atoms with Crippen molar-refractivity contribution in [3.8, 4) is 0 Å². The van der Waals surface area contributed by atoms with Crippen LogP contribution in [0.15, 0.2) is 60.8 Å². The van der Waals surface area contributed by atoms with Crippen molar-refractivity contribution in [1.29, 1.82) is 0 Å². The van der Waals surface area contributed by atoms with Gasteiger partial charge in [0.25, 0.3) is 6.29 Å². The second-order valence-electron chi connectivity index (χ2n) is 30.1. The highest BCUT2D eigenvalue weighted by molar-refractivity contribution is 5.71. The van der Waals surface area contributed by atoms with Crippen molar-refractivity contribution in [2.24, 2.45) is 0 Å². The van der Waals surface area contributed by atoms with Crippen LogP contribution in [0.5, 0.6) is 0 Å². The van der Waals surface area contributed by atoms with Crippen LogP contribution in [-0.4, -0.2) is 87.4 Å². The SMILES string of the molecule is CCCCCCC/C=C\C/C=C\C/C=C\CCCCCCCCCCCCCCCCCCC(=O)OC(COC(=O)CCCCCCCCCCCCCCCCCCCCCCCCCCCCCCC/C=C\C/C=C\CCCCCCC)COC(OCC[N+](C)(C)C)C(=O)O. The predicted molar refractivity (Wildman–Crippen MR) is 420 cm³/mol. The third-order valence-corrected chi connectivity index (χ3v) is 19.2. The molecule has 0 spiro atoms. The molecule has 0 aromatic rings. The number of carboxylic acids is 1. The molecule has 0 amide bonds. The average Bonchev–Trinajstić information content (AvgIpc) is 2.39. The van der Waals surface area contributed by atoms with Crippen LogP contribution in [-0.2, 0) is 33.3 Å². The molecule has 0 heterocycles. The first-order valence-electron chi connectivity index (χ1n) is 42.5. The van der Waals surface area contributed by atoms with Crippen LogP contribution >= 0.6 is 0 Å². The van der Waals surface area contributed by atoms with Gasteiger partial charge in [0, 0.05) is 12.8 Å². The van der Waals surface area contributed by atoms with E-state index in [4.69, 9.17) is 18.9 Å². The van der Waals surface area contributed by atoms with Gasteiger partial charge in [0.1, 0.15) is 13.2 Å². The highest BCUT2D eigenvalue weighted by Gasteiger charge is 2.25. The van der Waals surface area contributed by atoms with Gasteiger partial charge in [-0.05, 0) is 83.5 Å². The van der Waals surface area contributed by atoms with Gasteiger partial charge in [-0.25, -0.2) is 4.79 Å². The Bertz CT molecular complexity index is 1780. The Morgan fingerprint density at radius 3 is 0.825 bits per heavy atom. The fraction of sp³-hybridized carbons (Fsp3) is 0.852. The smallest absolute Gasteiger partial charge is 0.361 e. The van der Waals surface area contributed by atoms with E-state index >= 15 is 0 Å². The summed E-state index contributed by atoms with van der Waals surface area (Å²) in [6.07, 6.45) is 103. The third-order valence-electron chi connectivity index (χ3n) is 19.2. The molecule has 0 aliphatic carbocycles. The van der Waals surface area contributed by atoms with Gasteiger partial charge in [0.15, 0.2) is 6.10 Å². The minimum absolute atomic E-state index is 0.177. The Morgan fingerprint density at radius 1 is 0.309 bits per heavy atom. The lowest BCUT2D eigenvalue weighted by molar-refractivity contribution is -0.870. The second kappa shape index (κ2) is 78.7. The highest BCUT2D eigenvalue weighted by atomic mass is 16.7. The lowest BCUT2D eigenvalue weighted by Crippen LogP contribution is -2.40. The number of allylic oxidation sites excluding steroid dienone is 10. The zero-order chi connectivity index (χ0) is 70.4. The third kappa shape index (κ3) is 80.2. The molecule has 2 unspecified atom stereocenters. The monoisotopic (exact) mass is 1360 g/mol. The van der Waals surface area contributed by atoms with Crippen LogP contribution in [0.3, 0.4) is 0 Å². The molecule has 0 saturated heterocycles. The molecule has 0 bridgehead atoms. The Balaban J connectivity index is 3.93. The topological polar surface area (TPSA) is 108 Å². The molecule has 0 aliphatic heterocycles. The number of hydrogen-bond acceptors (Lipinski definition) is 7. The number of hydrogen-bond donors (Lipinski definition) is 1. The van der Waals surface area contributed by atoms with Gasteiger partial charge in [-0.3, -0.25) is 9.59 Å². The van der Waals surface area contributed by atoms with Crippen molar-refractivity contribution < 1.29 is 42.9 Å². The number of esters is 2. The quantitative estimate of drug-likeness (QED) is 0.0211. The predicted octanol–water partition coefficient (Wildman–Crippen LogP) is 27.4. The summed E-state index contributed by atoms with van der Waals surface area (Å²) in [5.74, 6) is -1.98. The zero-order valence-corrected chi connectivity index (χ0v) is 65.3. The number of carbonyl (C=O) groups is 3. The number of aliphatic carboxylic acids is 1. The van der Waals surface area contributed by atoms with Crippen LogP contribution in [0.2, 0.25) is 0 Å². The molecule has 568 valence electrons. The minimum Gasteiger partial charge on any atom is -0.477 e. The minimum atomic E-state index is -1.51. The van der Waals surface area contributed by atoms with E-state index in [1.807, 2.05) is 21.1 Å². The van der Waals surface area contributed by atoms with E-state index in [9.17, 15) is 19.5 Å². The lowest BCUT2D eigenvalue weighted by Gasteiger charge is -2.25.